The minimum absolute atomic E-state index is 0.158. The smallest absolute Gasteiger partial charge is 0.241 e. The van der Waals surface area contributed by atoms with Gasteiger partial charge in [0.25, 0.3) is 0 Å². The number of anilines is 1. The van der Waals surface area contributed by atoms with Gasteiger partial charge >= 0.3 is 0 Å². The van der Waals surface area contributed by atoms with Gasteiger partial charge in [-0.05, 0) is 38.9 Å². The molecule has 136 valence electrons. The van der Waals surface area contributed by atoms with E-state index in [0.29, 0.717) is 12.1 Å². The Balaban J connectivity index is 1.98. The van der Waals surface area contributed by atoms with Gasteiger partial charge < -0.3 is 4.74 Å². The Hall–Kier alpha value is -1.85. The Morgan fingerprint density at radius 3 is 2.35 bits per heavy atom. The molecule has 2 amide bonds. The number of hydrogen-bond acceptors (Lipinski definition) is 4. The molecule has 2 aliphatic rings. The third-order valence-corrected chi connectivity index (χ3v) is 5.89. The summed E-state index contributed by atoms with van der Waals surface area (Å²) in [6.45, 7) is 8.13. The molecule has 0 saturated carbocycles. The number of nitrogens with zero attached hydrogens (tertiary/aromatic N) is 1. The minimum atomic E-state index is -0.482. The van der Waals surface area contributed by atoms with Crippen LogP contribution in [0, 0.1) is 18.8 Å². The predicted molar refractivity (Wildman–Crippen MR) is 109 cm³/mol. The van der Waals surface area contributed by atoms with Crippen LogP contribution in [0.1, 0.15) is 25.3 Å². The molecule has 0 aliphatic carbocycles. The van der Waals surface area contributed by atoms with Crippen molar-refractivity contribution in [2.24, 2.45) is 11.8 Å². The number of nitrogens with one attached hydrogen (secondary N) is 1. The number of carbonyl (C=O) groups excluding carboxylic acids is 2. The quantitative estimate of drug-likeness (QED) is 0.416. The number of ether oxygens (including phenoxy) is 1. The fraction of sp³-hybridized carbons (Fsp3) is 0.474. The number of amides is 2. The van der Waals surface area contributed by atoms with Crippen molar-refractivity contribution < 1.29 is 14.3 Å². The van der Waals surface area contributed by atoms with E-state index in [0.717, 1.165) is 22.9 Å². The van der Waals surface area contributed by atoms with Crippen molar-refractivity contribution in [3.63, 3.8) is 0 Å². The average molecular weight is 352 g/mol. The molecule has 5 nitrogen and oxygen atoms in total. The van der Waals surface area contributed by atoms with Crippen LogP contribution in [-0.2, 0) is 14.3 Å². The van der Waals surface area contributed by atoms with Gasteiger partial charge in [0.15, 0.2) is 0 Å². The molecule has 3 rings (SSSR count). The summed E-state index contributed by atoms with van der Waals surface area (Å²) in [4.78, 5) is 27.7. The van der Waals surface area contributed by atoms with Crippen LogP contribution in [-0.4, -0.2) is 46.9 Å². The highest BCUT2D eigenvalue weighted by molar-refractivity contribution is 6.40. The first-order valence-corrected chi connectivity index (χ1v) is 9.25. The molecule has 1 aromatic carbocycles. The second-order valence-electron chi connectivity index (χ2n) is 7.46. The van der Waals surface area contributed by atoms with E-state index < -0.39 is 18.1 Å². The largest absolute Gasteiger partial charge is 0.358 e. The molecule has 7 heteroatoms. The molecule has 1 aromatic rings. The van der Waals surface area contributed by atoms with Crippen LogP contribution in [0.4, 0.5) is 5.69 Å². The first kappa shape index (κ1) is 18.9. The maximum Gasteiger partial charge on any atom is 0.241 e. The lowest BCUT2D eigenvalue weighted by molar-refractivity contribution is -0.126. The molecular weight excluding hydrogens is 326 g/mol. The summed E-state index contributed by atoms with van der Waals surface area (Å²) in [6.07, 6.45) is 0.695. The highest BCUT2D eigenvalue weighted by atomic mass is 16.5. The monoisotopic (exact) mass is 352 g/mol. The summed E-state index contributed by atoms with van der Waals surface area (Å²) in [6, 6.07) is 3.85. The summed E-state index contributed by atoms with van der Waals surface area (Å²) in [7, 11) is 5.77. The van der Waals surface area contributed by atoms with Gasteiger partial charge in [-0.2, -0.15) is 0 Å². The Morgan fingerprint density at radius 1 is 1.23 bits per heavy atom. The lowest BCUT2D eigenvalue weighted by Gasteiger charge is -2.23. The SMILES string of the molecule is Bc1cc(N2C(=O)C3C(CC(=C)CC)OC(NC)C3C2=O)cc(B)c1C. The van der Waals surface area contributed by atoms with E-state index in [1.165, 1.54) is 10.5 Å². The molecule has 4 atom stereocenters. The summed E-state index contributed by atoms with van der Waals surface area (Å²) in [5.74, 6) is -1.27. The Labute approximate surface area is 157 Å². The van der Waals surface area contributed by atoms with Crippen molar-refractivity contribution in [1.82, 2.24) is 5.32 Å². The number of fused-ring (bicyclic) bond motifs is 1. The number of benzene rings is 1. The molecule has 2 heterocycles. The number of carbonyl (C=O) groups is 2. The summed E-state index contributed by atoms with van der Waals surface area (Å²) in [5.41, 5.74) is 5.04. The van der Waals surface area contributed by atoms with Crippen LogP contribution in [0.3, 0.4) is 0 Å². The zero-order chi connectivity index (χ0) is 19.2. The van der Waals surface area contributed by atoms with E-state index in [4.69, 9.17) is 4.74 Å². The van der Waals surface area contributed by atoms with E-state index in [1.54, 1.807) is 7.05 Å². The average Bonchev–Trinajstić information content (AvgIpc) is 3.09. The van der Waals surface area contributed by atoms with Gasteiger partial charge in [0.2, 0.25) is 11.8 Å². The molecule has 2 fully saturated rings. The first-order chi connectivity index (χ1) is 12.3. The first-order valence-electron chi connectivity index (χ1n) is 9.25. The van der Waals surface area contributed by atoms with Gasteiger partial charge in [-0.15, -0.1) is 0 Å². The number of rotatable bonds is 5. The normalized spacial score (nSPS) is 27.9. The molecule has 26 heavy (non-hydrogen) atoms. The van der Waals surface area contributed by atoms with Crippen LogP contribution in [0.25, 0.3) is 0 Å². The fourth-order valence-corrected chi connectivity index (χ4v) is 4.03. The highest BCUT2D eigenvalue weighted by Crippen LogP contribution is 2.43. The molecule has 0 aromatic heterocycles. The van der Waals surface area contributed by atoms with E-state index in [9.17, 15) is 9.59 Å². The van der Waals surface area contributed by atoms with Gasteiger partial charge in [0, 0.05) is 0 Å². The van der Waals surface area contributed by atoms with Crippen LogP contribution in [0.5, 0.6) is 0 Å². The Bertz CT molecular complexity index is 757. The molecule has 0 radical (unpaired) electrons. The van der Waals surface area contributed by atoms with Gasteiger partial charge in [-0.1, -0.05) is 35.6 Å². The van der Waals surface area contributed by atoms with Crippen LogP contribution < -0.4 is 21.1 Å². The van der Waals surface area contributed by atoms with Crippen molar-refractivity contribution >= 4 is 44.1 Å². The number of imide groups is 1. The van der Waals surface area contributed by atoms with Crippen molar-refractivity contribution in [3.8, 4) is 0 Å². The van der Waals surface area contributed by atoms with Crippen molar-refractivity contribution in [3.05, 3.63) is 29.8 Å². The zero-order valence-electron chi connectivity index (χ0n) is 16.3. The minimum Gasteiger partial charge on any atom is -0.358 e. The number of hydrogen-bond donors (Lipinski definition) is 1. The standard InChI is InChI=1S/C19H26B2N2O3/c1-5-9(2)6-14-15-16(17(22-4)26-14)19(25)23(18(15)24)11-7-12(20)10(3)13(21)8-11/h7-8,14-17,22H,2,5-6,20-21H2,1,3-4H3. The molecule has 1 N–H and O–H groups in total. The lowest BCUT2D eigenvalue weighted by atomic mass is 9.81. The van der Waals surface area contributed by atoms with E-state index in [2.05, 4.69) is 11.9 Å². The molecule has 2 saturated heterocycles. The van der Waals surface area contributed by atoms with Crippen LogP contribution in [0.2, 0.25) is 0 Å². The third kappa shape index (κ3) is 2.93. The molecular formula is C19H26B2N2O3. The van der Waals surface area contributed by atoms with Crippen molar-refractivity contribution in [2.45, 2.75) is 39.0 Å². The highest BCUT2D eigenvalue weighted by Gasteiger charge is 2.59. The van der Waals surface area contributed by atoms with Crippen molar-refractivity contribution in [1.29, 1.82) is 0 Å². The second-order valence-corrected chi connectivity index (χ2v) is 7.46. The Morgan fingerprint density at radius 2 is 1.81 bits per heavy atom. The van der Waals surface area contributed by atoms with Gasteiger partial charge in [0.1, 0.15) is 21.9 Å². The predicted octanol–water partition coefficient (Wildman–Crippen LogP) is -1.08. The maximum atomic E-state index is 13.2. The Kier molecular flexibility index (Phi) is 5.13. The molecule has 2 aliphatic heterocycles. The molecule has 0 spiro atoms. The topological polar surface area (TPSA) is 58.6 Å². The van der Waals surface area contributed by atoms with Gasteiger partial charge in [0.05, 0.1) is 23.6 Å². The molecule has 0 bridgehead atoms. The van der Waals surface area contributed by atoms with Crippen LogP contribution in [0.15, 0.2) is 24.3 Å². The van der Waals surface area contributed by atoms with E-state index >= 15 is 0 Å². The summed E-state index contributed by atoms with van der Waals surface area (Å²) >= 11 is 0. The fourth-order valence-electron chi connectivity index (χ4n) is 4.03. The molecule has 4 unspecified atom stereocenters. The van der Waals surface area contributed by atoms with E-state index in [-0.39, 0.29) is 17.9 Å². The van der Waals surface area contributed by atoms with E-state index in [1.807, 2.05) is 41.7 Å². The summed E-state index contributed by atoms with van der Waals surface area (Å²) < 4.78 is 6.00. The van der Waals surface area contributed by atoms with Gasteiger partial charge in [-0.3, -0.25) is 14.9 Å². The third-order valence-electron chi connectivity index (χ3n) is 5.89. The van der Waals surface area contributed by atoms with Crippen LogP contribution >= 0.6 is 0 Å². The van der Waals surface area contributed by atoms with Gasteiger partial charge in [-0.25, -0.2) is 4.90 Å². The van der Waals surface area contributed by atoms with Crippen molar-refractivity contribution in [2.75, 3.05) is 11.9 Å². The maximum absolute atomic E-state index is 13.2. The lowest BCUT2D eigenvalue weighted by Crippen LogP contribution is -2.40. The summed E-state index contributed by atoms with van der Waals surface area (Å²) in [5, 5.41) is 3.06. The second kappa shape index (κ2) is 7.05. The zero-order valence-corrected chi connectivity index (χ0v) is 16.3.